The van der Waals surface area contributed by atoms with Crippen LogP contribution in [0.25, 0.3) is 0 Å². The fraction of sp³-hybridized carbons (Fsp3) is 0.353. The zero-order valence-corrected chi connectivity index (χ0v) is 14.6. The highest BCUT2D eigenvalue weighted by atomic mass is 32.2. The van der Waals surface area contributed by atoms with Crippen LogP contribution >= 0.6 is 11.8 Å². The van der Waals surface area contributed by atoms with Gasteiger partial charge in [-0.25, -0.2) is 0 Å². The summed E-state index contributed by atoms with van der Waals surface area (Å²) in [6, 6.07) is 8.43. The van der Waals surface area contributed by atoms with E-state index < -0.39 is 0 Å². The van der Waals surface area contributed by atoms with Gasteiger partial charge in [-0.05, 0) is 36.9 Å². The summed E-state index contributed by atoms with van der Waals surface area (Å²) in [6.45, 7) is 3.68. The molecule has 3 heterocycles. The number of piperazine rings is 1. The predicted octanol–water partition coefficient (Wildman–Crippen LogP) is 1.38. The molecule has 1 fully saturated rings. The molecule has 0 aliphatic carbocycles. The van der Waals surface area contributed by atoms with E-state index in [1.54, 1.807) is 47.1 Å². The van der Waals surface area contributed by atoms with Crippen molar-refractivity contribution in [1.82, 2.24) is 9.80 Å². The lowest BCUT2D eigenvalue weighted by molar-refractivity contribution is -0.645. The van der Waals surface area contributed by atoms with Gasteiger partial charge in [0.2, 0.25) is 5.91 Å². The highest BCUT2D eigenvalue weighted by Gasteiger charge is 2.29. The lowest BCUT2D eigenvalue weighted by Gasteiger charge is -2.35. The molecule has 3 rings (SSSR count). The van der Waals surface area contributed by atoms with Crippen molar-refractivity contribution in [3.05, 3.63) is 53.8 Å². The molecule has 0 N–H and O–H groups in total. The molecule has 7 nitrogen and oxygen atoms in total. The Kier molecular flexibility index (Phi) is 5.28. The van der Waals surface area contributed by atoms with E-state index in [0.29, 0.717) is 37.0 Å². The summed E-state index contributed by atoms with van der Waals surface area (Å²) in [6.07, 6.45) is 2.89. The third kappa shape index (κ3) is 3.96. The van der Waals surface area contributed by atoms with E-state index in [9.17, 15) is 14.8 Å². The number of amides is 2. The summed E-state index contributed by atoms with van der Waals surface area (Å²) in [5, 5.41) is 11.8. The first-order chi connectivity index (χ1) is 12.1. The Morgan fingerprint density at radius 2 is 1.88 bits per heavy atom. The summed E-state index contributed by atoms with van der Waals surface area (Å²) in [7, 11) is 0. The van der Waals surface area contributed by atoms with Crippen LogP contribution < -0.4 is 4.73 Å². The van der Waals surface area contributed by atoms with E-state index >= 15 is 0 Å². The number of rotatable bonds is 4. The summed E-state index contributed by atoms with van der Waals surface area (Å²) >= 11 is 1.24. The number of carbonyl (C=O) groups is 2. The third-order valence-corrected chi connectivity index (χ3v) is 5.16. The maximum atomic E-state index is 12.6. The Balaban J connectivity index is 1.54. The van der Waals surface area contributed by atoms with Crippen molar-refractivity contribution < 1.29 is 18.7 Å². The number of aromatic nitrogens is 1. The minimum atomic E-state index is -0.366. The molecule has 1 aliphatic rings. The number of furan rings is 1. The zero-order chi connectivity index (χ0) is 17.8. The maximum absolute atomic E-state index is 12.6. The molecule has 0 saturated carbocycles. The first-order valence-electron chi connectivity index (χ1n) is 8.02. The minimum Gasteiger partial charge on any atom is -0.618 e. The fourth-order valence-electron chi connectivity index (χ4n) is 2.68. The number of nitrogens with zero attached hydrogens (tertiary/aromatic N) is 3. The van der Waals surface area contributed by atoms with Crippen LogP contribution in [0.5, 0.6) is 0 Å². The van der Waals surface area contributed by atoms with E-state index in [0.717, 1.165) is 4.73 Å². The van der Waals surface area contributed by atoms with Crippen LogP contribution in [-0.2, 0) is 4.79 Å². The SMILES string of the molecule is C[C@H](Sc1cccc[n+]1[O-])C(=O)N1CCN(C(=O)c2ccco2)CC1. The van der Waals surface area contributed by atoms with Gasteiger partial charge in [-0.2, -0.15) is 4.73 Å². The minimum absolute atomic E-state index is 0.0287. The molecule has 132 valence electrons. The van der Waals surface area contributed by atoms with Gasteiger partial charge < -0.3 is 19.4 Å². The average Bonchev–Trinajstić information content (AvgIpc) is 3.17. The van der Waals surface area contributed by atoms with Crippen LogP contribution in [0.15, 0.2) is 52.2 Å². The van der Waals surface area contributed by atoms with Crippen molar-refractivity contribution in [3.8, 4) is 0 Å². The molecular weight excluding hydrogens is 342 g/mol. The van der Waals surface area contributed by atoms with Crippen LogP contribution in [-0.4, -0.2) is 53.0 Å². The van der Waals surface area contributed by atoms with Gasteiger partial charge in [0.15, 0.2) is 12.0 Å². The molecule has 1 saturated heterocycles. The molecule has 2 aromatic heterocycles. The summed E-state index contributed by atoms with van der Waals surface area (Å²) in [5.41, 5.74) is 0. The van der Waals surface area contributed by atoms with Gasteiger partial charge in [0, 0.05) is 38.3 Å². The van der Waals surface area contributed by atoms with Gasteiger partial charge in [-0.1, -0.05) is 0 Å². The number of carbonyl (C=O) groups excluding carboxylic acids is 2. The molecule has 0 spiro atoms. The number of thioether (sulfide) groups is 1. The molecule has 8 heteroatoms. The van der Waals surface area contributed by atoms with Gasteiger partial charge >= 0.3 is 0 Å². The number of pyridine rings is 1. The Morgan fingerprint density at radius 1 is 1.16 bits per heavy atom. The van der Waals surface area contributed by atoms with Crippen molar-refractivity contribution in [2.75, 3.05) is 26.2 Å². The van der Waals surface area contributed by atoms with Crippen molar-refractivity contribution in [2.45, 2.75) is 17.2 Å². The standard InChI is InChI=1S/C17H19N3O4S/c1-13(25-15-6-2-3-7-20(15)23)16(21)18-8-10-19(11-9-18)17(22)14-5-4-12-24-14/h2-7,12-13H,8-11H2,1H3/t13-/m0/s1. The van der Waals surface area contributed by atoms with Crippen LogP contribution in [0.1, 0.15) is 17.5 Å². The quantitative estimate of drug-likeness (QED) is 0.467. The highest BCUT2D eigenvalue weighted by molar-refractivity contribution is 8.00. The number of hydrogen-bond acceptors (Lipinski definition) is 5. The number of hydrogen-bond donors (Lipinski definition) is 0. The van der Waals surface area contributed by atoms with Crippen molar-refractivity contribution >= 4 is 23.6 Å². The van der Waals surface area contributed by atoms with Crippen LogP contribution in [0.2, 0.25) is 0 Å². The Hall–Kier alpha value is -2.48. The molecule has 25 heavy (non-hydrogen) atoms. The van der Waals surface area contributed by atoms with Gasteiger partial charge in [-0.15, -0.1) is 0 Å². The second kappa shape index (κ2) is 7.60. The van der Waals surface area contributed by atoms with Crippen LogP contribution in [0.3, 0.4) is 0 Å². The van der Waals surface area contributed by atoms with E-state index in [4.69, 9.17) is 4.42 Å². The maximum Gasteiger partial charge on any atom is 0.289 e. The molecule has 1 aliphatic heterocycles. The first kappa shape index (κ1) is 17.3. The lowest BCUT2D eigenvalue weighted by Crippen LogP contribution is -2.52. The largest absolute Gasteiger partial charge is 0.618 e. The normalized spacial score (nSPS) is 15.9. The highest BCUT2D eigenvalue weighted by Crippen LogP contribution is 2.22. The summed E-state index contributed by atoms with van der Waals surface area (Å²) in [4.78, 5) is 28.2. The Morgan fingerprint density at radius 3 is 2.52 bits per heavy atom. The summed E-state index contributed by atoms with van der Waals surface area (Å²) in [5.74, 6) is 0.128. The van der Waals surface area contributed by atoms with Crippen molar-refractivity contribution in [3.63, 3.8) is 0 Å². The van der Waals surface area contributed by atoms with Gasteiger partial charge in [0.1, 0.15) is 0 Å². The second-order valence-corrected chi connectivity index (χ2v) is 7.08. The molecule has 1 atom stereocenters. The van der Waals surface area contributed by atoms with E-state index in [1.165, 1.54) is 24.2 Å². The smallest absolute Gasteiger partial charge is 0.289 e. The average molecular weight is 361 g/mol. The van der Waals surface area contributed by atoms with Gasteiger partial charge in [0.25, 0.3) is 10.9 Å². The topological polar surface area (TPSA) is 80.7 Å². The van der Waals surface area contributed by atoms with Crippen molar-refractivity contribution in [1.29, 1.82) is 0 Å². The zero-order valence-electron chi connectivity index (χ0n) is 13.8. The van der Waals surface area contributed by atoms with E-state index in [1.807, 2.05) is 0 Å². The third-order valence-electron chi connectivity index (χ3n) is 4.04. The van der Waals surface area contributed by atoms with Crippen LogP contribution in [0.4, 0.5) is 0 Å². The molecule has 2 amide bonds. The Labute approximate surface area is 149 Å². The molecule has 2 aromatic rings. The van der Waals surface area contributed by atoms with Crippen molar-refractivity contribution in [2.24, 2.45) is 0 Å². The second-order valence-electron chi connectivity index (χ2n) is 5.72. The Bertz CT molecular complexity index is 742. The molecular formula is C17H19N3O4S. The van der Waals surface area contributed by atoms with E-state index in [2.05, 4.69) is 0 Å². The van der Waals surface area contributed by atoms with Gasteiger partial charge in [-0.3, -0.25) is 9.59 Å². The summed E-state index contributed by atoms with van der Waals surface area (Å²) < 4.78 is 5.89. The first-order valence-corrected chi connectivity index (χ1v) is 8.90. The van der Waals surface area contributed by atoms with E-state index in [-0.39, 0.29) is 17.1 Å². The monoisotopic (exact) mass is 361 g/mol. The lowest BCUT2D eigenvalue weighted by atomic mass is 10.2. The fourth-order valence-corrected chi connectivity index (χ4v) is 3.61. The molecule has 0 radical (unpaired) electrons. The van der Waals surface area contributed by atoms with Crippen LogP contribution in [0, 0.1) is 5.21 Å². The molecule has 0 bridgehead atoms. The molecule has 0 aromatic carbocycles. The predicted molar refractivity (Wildman–Crippen MR) is 91.9 cm³/mol. The van der Waals surface area contributed by atoms with Gasteiger partial charge in [0.05, 0.1) is 11.5 Å². The molecule has 0 unspecified atom stereocenters.